The van der Waals surface area contributed by atoms with Gasteiger partial charge in [0.15, 0.2) is 0 Å². The second kappa shape index (κ2) is 10.8. The number of imidazole rings is 1. The predicted octanol–water partition coefficient (Wildman–Crippen LogP) is 4.16. The molecule has 0 radical (unpaired) electrons. The highest BCUT2D eigenvalue weighted by Gasteiger charge is 2.35. The largest absolute Gasteiger partial charge is 0.339 e. The quantitative estimate of drug-likeness (QED) is 0.520. The molecule has 36 heavy (non-hydrogen) atoms. The lowest BCUT2D eigenvalue weighted by molar-refractivity contribution is -0.137. The molecular weight excluding hydrogens is 452 g/mol. The van der Waals surface area contributed by atoms with Crippen molar-refractivity contribution >= 4 is 22.8 Å². The van der Waals surface area contributed by atoms with Gasteiger partial charge in [0.1, 0.15) is 11.5 Å². The zero-order valence-electron chi connectivity index (χ0n) is 21.4. The molecule has 0 unspecified atom stereocenters. The Bertz CT molecular complexity index is 1210. The lowest BCUT2D eigenvalue weighted by Gasteiger charge is -2.43. The van der Waals surface area contributed by atoms with Gasteiger partial charge in [-0.1, -0.05) is 12.1 Å². The van der Waals surface area contributed by atoms with Crippen LogP contribution in [-0.4, -0.2) is 66.8 Å². The zero-order chi connectivity index (χ0) is 25.1. The maximum atomic E-state index is 13.3. The zero-order valence-corrected chi connectivity index (χ0v) is 21.4. The summed E-state index contributed by atoms with van der Waals surface area (Å²) in [6.45, 7) is 6.98. The van der Waals surface area contributed by atoms with E-state index in [2.05, 4.69) is 30.5 Å². The van der Waals surface area contributed by atoms with Crippen LogP contribution in [-0.2, 0) is 11.3 Å². The molecule has 2 aliphatic rings. The third-order valence-corrected chi connectivity index (χ3v) is 7.86. The summed E-state index contributed by atoms with van der Waals surface area (Å²) in [7, 11) is 0. The Morgan fingerprint density at radius 2 is 1.78 bits per heavy atom. The molecule has 3 aromatic rings. The molecule has 0 saturated carbocycles. The number of carbonyl (C=O) groups is 2. The second-order valence-corrected chi connectivity index (χ2v) is 10.2. The number of carbonyl (C=O) groups excluding carboxylic acids is 2. The van der Waals surface area contributed by atoms with Crippen LogP contribution in [0.4, 0.5) is 0 Å². The molecule has 1 atom stereocenters. The van der Waals surface area contributed by atoms with Crippen molar-refractivity contribution in [2.75, 3.05) is 19.6 Å². The van der Waals surface area contributed by atoms with Gasteiger partial charge >= 0.3 is 0 Å². The van der Waals surface area contributed by atoms with Crippen molar-refractivity contribution in [2.45, 2.75) is 71.4 Å². The van der Waals surface area contributed by atoms with E-state index < -0.39 is 0 Å². The maximum Gasteiger partial charge on any atom is 0.274 e. The molecule has 1 aromatic carbocycles. The fraction of sp³-hybridized carbons (Fsp3) is 0.536. The summed E-state index contributed by atoms with van der Waals surface area (Å²) in [5, 5.41) is 0. The highest BCUT2D eigenvalue weighted by atomic mass is 16.2. The van der Waals surface area contributed by atoms with Gasteiger partial charge in [-0.3, -0.25) is 14.6 Å². The van der Waals surface area contributed by atoms with Crippen LogP contribution < -0.4 is 0 Å². The Kier molecular flexibility index (Phi) is 7.30. The fourth-order valence-corrected chi connectivity index (χ4v) is 5.92. The number of aromatic nitrogens is 4. The van der Waals surface area contributed by atoms with Crippen molar-refractivity contribution < 1.29 is 9.59 Å². The van der Waals surface area contributed by atoms with E-state index >= 15 is 0 Å². The third kappa shape index (κ3) is 5.13. The molecule has 0 bridgehead atoms. The van der Waals surface area contributed by atoms with Crippen molar-refractivity contribution in [1.29, 1.82) is 0 Å². The minimum atomic E-state index is -0.0418. The van der Waals surface area contributed by atoms with Crippen molar-refractivity contribution in [2.24, 2.45) is 5.92 Å². The standard InChI is InChI=1S/C28H36N6O2/c1-20-18-30-24(19-29-20)28(36)32-16-12-22(13-17-32)25-9-5-6-14-34(25)27(35)11-7-15-33-21(2)31-23-8-3-4-10-26(23)33/h3-4,8,10,18-19,22,25H,5-7,9,11-17H2,1-2H3/t25-/m1/s1. The Morgan fingerprint density at radius 3 is 2.56 bits per heavy atom. The van der Waals surface area contributed by atoms with E-state index in [9.17, 15) is 9.59 Å². The number of nitrogens with zero attached hydrogens (tertiary/aromatic N) is 6. The maximum absolute atomic E-state index is 13.3. The van der Waals surface area contributed by atoms with Crippen LogP contribution >= 0.6 is 0 Å². The number of para-hydroxylation sites is 2. The third-order valence-electron chi connectivity index (χ3n) is 7.86. The molecule has 0 spiro atoms. The summed E-state index contributed by atoms with van der Waals surface area (Å²) in [5.74, 6) is 1.68. The van der Waals surface area contributed by atoms with E-state index in [1.807, 2.05) is 36.9 Å². The second-order valence-electron chi connectivity index (χ2n) is 10.2. The molecule has 8 heteroatoms. The lowest BCUT2D eigenvalue weighted by atomic mass is 9.83. The summed E-state index contributed by atoms with van der Waals surface area (Å²) < 4.78 is 2.22. The van der Waals surface area contributed by atoms with Crippen LogP contribution in [0.1, 0.15) is 67.0 Å². The van der Waals surface area contributed by atoms with E-state index in [1.54, 1.807) is 12.4 Å². The number of hydrogen-bond donors (Lipinski definition) is 0. The van der Waals surface area contributed by atoms with Crippen molar-refractivity contribution in [3.8, 4) is 0 Å². The summed E-state index contributed by atoms with van der Waals surface area (Å²) in [5.41, 5.74) is 3.36. The van der Waals surface area contributed by atoms with E-state index in [-0.39, 0.29) is 11.8 Å². The smallest absolute Gasteiger partial charge is 0.274 e. The number of fused-ring (bicyclic) bond motifs is 1. The van der Waals surface area contributed by atoms with Gasteiger partial charge in [-0.05, 0) is 70.4 Å². The van der Waals surface area contributed by atoms with Gasteiger partial charge in [0.05, 0.1) is 22.9 Å². The normalized spacial score (nSPS) is 19.1. The van der Waals surface area contributed by atoms with Crippen LogP contribution in [0.2, 0.25) is 0 Å². The first-order valence-corrected chi connectivity index (χ1v) is 13.3. The van der Waals surface area contributed by atoms with Crippen LogP contribution in [0.5, 0.6) is 0 Å². The van der Waals surface area contributed by atoms with Crippen LogP contribution in [0.25, 0.3) is 11.0 Å². The van der Waals surface area contributed by atoms with E-state index in [0.29, 0.717) is 37.2 Å². The predicted molar refractivity (Wildman–Crippen MR) is 138 cm³/mol. The molecule has 2 fully saturated rings. The number of rotatable bonds is 6. The van der Waals surface area contributed by atoms with Crippen LogP contribution in [0.15, 0.2) is 36.7 Å². The minimum Gasteiger partial charge on any atom is -0.339 e. The topological polar surface area (TPSA) is 84.2 Å². The average molecular weight is 489 g/mol. The molecule has 2 amide bonds. The van der Waals surface area contributed by atoms with Crippen molar-refractivity contribution in [3.05, 3.63) is 53.9 Å². The average Bonchev–Trinajstić information content (AvgIpc) is 3.23. The summed E-state index contributed by atoms with van der Waals surface area (Å²) in [6.07, 6.45) is 9.77. The number of aryl methyl sites for hydroxylation is 3. The van der Waals surface area contributed by atoms with Crippen molar-refractivity contribution in [3.63, 3.8) is 0 Å². The molecule has 2 aliphatic heterocycles. The number of benzene rings is 1. The molecule has 5 rings (SSSR count). The van der Waals surface area contributed by atoms with E-state index in [1.165, 1.54) is 6.42 Å². The summed E-state index contributed by atoms with van der Waals surface area (Å²) >= 11 is 0. The molecule has 190 valence electrons. The highest BCUT2D eigenvalue weighted by molar-refractivity contribution is 5.92. The van der Waals surface area contributed by atoms with Crippen LogP contribution in [0.3, 0.4) is 0 Å². The molecule has 0 aliphatic carbocycles. The molecule has 4 heterocycles. The molecular formula is C28H36N6O2. The lowest BCUT2D eigenvalue weighted by Crippen LogP contribution is -2.51. The Labute approximate surface area is 212 Å². The van der Waals surface area contributed by atoms with Gasteiger partial charge in [-0.2, -0.15) is 0 Å². The molecule has 8 nitrogen and oxygen atoms in total. The summed E-state index contributed by atoms with van der Waals surface area (Å²) in [4.78, 5) is 43.3. The minimum absolute atomic E-state index is 0.0418. The van der Waals surface area contributed by atoms with Gasteiger partial charge in [0.2, 0.25) is 5.91 Å². The SMILES string of the molecule is Cc1cnc(C(=O)N2CCC([C@H]3CCCCN3C(=O)CCCn3c(C)nc4ccccc43)CC2)cn1. The number of likely N-dealkylation sites (tertiary alicyclic amines) is 2. The Hall–Kier alpha value is -3.29. The van der Waals surface area contributed by atoms with Gasteiger partial charge in [-0.25, -0.2) is 9.97 Å². The fourth-order valence-electron chi connectivity index (χ4n) is 5.92. The van der Waals surface area contributed by atoms with Crippen LogP contribution in [0, 0.1) is 19.8 Å². The molecule has 2 aromatic heterocycles. The first kappa shape index (κ1) is 24.4. The van der Waals surface area contributed by atoms with Crippen molar-refractivity contribution in [1.82, 2.24) is 29.3 Å². The number of piperidine rings is 2. The highest BCUT2D eigenvalue weighted by Crippen LogP contribution is 2.31. The van der Waals surface area contributed by atoms with E-state index in [0.717, 1.165) is 67.7 Å². The number of hydrogen-bond acceptors (Lipinski definition) is 5. The Morgan fingerprint density at radius 1 is 0.972 bits per heavy atom. The van der Waals surface area contributed by atoms with E-state index in [4.69, 9.17) is 0 Å². The van der Waals surface area contributed by atoms with Gasteiger partial charge in [0.25, 0.3) is 5.91 Å². The first-order valence-electron chi connectivity index (χ1n) is 13.3. The number of amides is 2. The Balaban J connectivity index is 1.16. The van der Waals surface area contributed by atoms with Gasteiger partial charge < -0.3 is 14.4 Å². The molecule has 0 N–H and O–H groups in total. The van der Waals surface area contributed by atoms with Gasteiger partial charge in [0, 0.05) is 44.8 Å². The van der Waals surface area contributed by atoms with Gasteiger partial charge in [-0.15, -0.1) is 0 Å². The first-order chi connectivity index (χ1) is 17.5. The molecule has 2 saturated heterocycles. The summed E-state index contributed by atoms with van der Waals surface area (Å²) in [6, 6.07) is 8.47. The monoisotopic (exact) mass is 488 g/mol.